The molecule has 1 unspecified atom stereocenters. The number of aliphatic hydroxyl groups is 1. The first-order valence-electron chi connectivity index (χ1n) is 7.77. The quantitative estimate of drug-likeness (QED) is 0.793. The molecular formula is C16H21N3O2S. The number of rotatable bonds is 5. The second kappa shape index (κ2) is 7.07. The Kier molecular flexibility index (Phi) is 4.90. The average Bonchev–Trinajstić information content (AvgIpc) is 3.24. The Hall–Kier alpha value is -1.66. The van der Waals surface area contributed by atoms with Gasteiger partial charge in [0.05, 0.1) is 6.10 Å². The molecule has 0 spiro atoms. The summed E-state index contributed by atoms with van der Waals surface area (Å²) in [6, 6.07) is 3.71. The molecule has 6 heteroatoms. The number of amides is 1. The second-order valence-corrected chi connectivity index (χ2v) is 6.61. The minimum Gasteiger partial charge on any atom is -0.387 e. The molecular weight excluding hydrogens is 298 g/mol. The summed E-state index contributed by atoms with van der Waals surface area (Å²) < 4.78 is 0. The fourth-order valence-electron chi connectivity index (χ4n) is 2.94. The van der Waals surface area contributed by atoms with E-state index >= 15 is 0 Å². The van der Waals surface area contributed by atoms with E-state index in [9.17, 15) is 9.90 Å². The average molecular weight is 319 g/mol. The van der Waals surface area contributed by atoms with E-state index < -0.39 is 6.10 Å². The summed E-state index contributed by atoms with van der Waals surface area (Å²) in [5, 5.41) is 23.6. The zero-order chi connectivity index (χ0) is 15.4. The van der Waals surface area contributed by atoms with E-state index in [1.165, 1.54) is 43.4 Å². The largest absolute Gasteiger partial charge is 0.387 e. The number of nitrogens with zero attached hydrogens (tertiary/aromatic N) is 1. The van der Waals surface area contributed by atoms with Gasteiger partial charge in [-0.25, -0.2) is 0 Å². The second-order valence-electron chi connectivity index (χ2n) is 5.83. The molecule has 0 aliphatic heterocycles. The zero-order valence-corrected chi connectivity index (χ0v) is 13.2. The van der Waals surface area contributed by atoms with Crippen LogP contribution in [0.15, 0.2) is 22.9 Å². The standard InChI is InChI=1S/C16H21N3O2S/c20-15(12-6-7-22-10-12)9-17-16(21)14-8-13(18-19-14)11-4-2-1-3-5-11/h6-8,10-11,15,20H,1-5,9H2,(H,17,21)(H,18,19). The van der Waals surface area contributed by atoms with E-state index in [0.29, 0.717) is 11.6 Å². The van der Waals surface area contributed by atoms with Gasteiger partial charge in [-0.3, -0.25) is 9.89 Å². The van der Waals surface area contributed by atoms with Crippen molar-refractivity contribution in [3.05, 3.63) is 39.8 Å². The molecule has 1 aliphatic carbocycles. The van der Waals surface area contributed by atoms with Crippen LogP contribution < -0.4 is 5.32 Å². The summed E-state index contributed by atoms with van der Waals surface area (Å²) >= 11 is 1.53. The number of hydrogen-bond donors (Lipinski definition) is 3. The summed E-state index contributed by atoms with van der Waals surface area (Å²) in [6.07, 6.45) is 5.46. The van der Waals surface area contributed by atoms with Crippen LogP contribution in [0.3, 0.4) is 0 Å². The molecule has 1 fully saturated rings. The minimum absolute atomic E-state index is 0.196. The first-order chi connectivity index (χ1) is 10.7. The molecule has 2 aromatic rings. The van der Waals surface area contributed by atoms with Gasteiger partial charge < -0.3 is 10.4 Å². The van der Waals surface area contributed by atoms with Crippen LogP contribution in [0.25, 0.3) is 0 Å². The van der Waals surface area contributed by atoms with E-state index in [0.717, 1.165) is 11.3 Å². The Balaban J connectivity index is 1.55. The van der Waals surface area contributed by atoms with Gasteiger partial charge in [0.15, 0.2) is 0 Å². The van der Waals surface area contributed by atoms with Crippen molar-refractivity contribution in [2.45, 2.75) is 44.1 Å². The van der Waals surface area contributed by atoms with Gasteiger partial charge in [0.2, 0.25) is 0 Å². The lowest BCUT2D eigenvalue weighted by Gasteiger charge is -2.19. The van der Waals surface area contributed by atoms with Gasteiger partial charge >= 0.3 is 0 Å². The Morgan fingerprint density at radius 3 is 3.00 bits per heavy atom. The van der Waals surface area contributed by atoms with Crippen molar-refractivity contribution in [3.8, 4) is 0 Å². The van der Waals surface area contributed by atoms with Gasteiger partial charge in [0.25, 0.3) is 5.91 Å². The van der Waals surface area contributed by atoms with Crippen molar-refractivity contribution in [1.82, 2.24) is 15.5 Å². The van der Waals surface area contributed by atoms with Crippen LogP contribution in [-0.4, -0.2) is 27.8 Å². The lowest BCUT2D eigenvalue weighted by Crippen LogP contribution is -2.28. The highest BCUT2D eigenvalue weighted by atomic mass is 32.1. The number of aromatic nitrogens is 2. The number of hydrogen-bond acceptors (Lipinski definition) is 4. The van der Waals surface area contributed by atoms with Gasteiger partial charge in [-0.05, 0) is 41.3 Å². The predicted octanol–water partition coefficient (Wildman–Crippen LogP) is 2.98. The molecule has 2 heterocycles. The number of thiophene rings is 1. The number of carbonyl (C=O) groups is 1. The summed E-state index contributed by atoms with van der Waals surface area (Å²) in [6.45, 7) is 0.196. The van der Waals surface area contributed by atoms with Crippen LogP contribution in [0.2, 0.25) is 0 Å². The predicted molar refractivity (Wildman–Crippen MR) is 86.0 cm³/mol. The third kappa shape index (κ3) is 3.56. The summed E-state index contributed by atoms with van der Waals surface area (Å²) in [5.41, 5.74) is 2.29. The highest BCUT2D eigenvalue weighted by molar-refractivity contribution is 7.07. The van der Waals surface area contributed by atoms with Gasteiger partial charge in [-0.1, -0.05) is 19.3 Å². The number of aromatic amines is 1. The molecule has 5 nitrogen and oxygen atoms in total. The van der Waals surface area contributed by atoms with Crippen molar-refractivity contribution in [2.75, 3.05) is 6.54 Å². The lowest BCUT2D eigenvalue weighted by molar-refractivity contribution is 0.0911. The maximum Gasteiger partial charge on any atom is 0.271 e. The SMILES string of the molecule is O=C(NCC(O)c1ccsc1)c1cc(C2CCCCC2)[nH]n1. The van der Waals surface area contributed by atoms with Crippen LogP contribution in [-0.2, 0) is 0 Å². The first-order valence-corrected chi connectivity index (χ1v) is 8.72. The molecule has 1 saturated carbocycles. The van der Waals surface area contributed by atoms with E-state index in [-0.39, 0.29) is 12.5 Å². The van der Waals surface area contributed by atoms with E-state index in [1.807, 2.05) is 22.9 Å². The van der Waals surface area contributed by atoms with Crippen LogP contribution in [0.4, 0.5) is 0 Å². The molecule has 1 aliphatic rings. The van der Waals surface area contributed by atoms with Crippen LogP contribution >= 0.6 is 11.3 Å². The van der Waals surface area contributed by atoms with Gasteiger partial charge in [0, 0.05) is 18.2 Å². The van der Waals surface area contributed by atoms with E-state index in [1.54, 1.807) is 0 Å². The molecule has 1 atom stereocenters. The van der Waals surface area contributed by atoms with Crippen molar-refractivity contribution < 1.29 is 9.90 Å². The third-order valence-corrected chi connectivity index (χ3v) is 4.96. The van der Waals surface area contributed by atoms with Crippen molar-refractivity contribution in [2.24, 2.45) is 0 Å². The topological polar surface area (TPSA) is 78.0 Å². The van der Waals surface area contributed by atoms with E-state index in [2.05, 4.69) is 15.5 Å². The molecule has 1 amide bonds. The summed E-state index contributed by atoms with van der Waals surface area (Å²) in [4.78, 5) is 12.1. The molecule has 3 N–H and O–H groups in total. The monoisotopic (exact) mass is 319 g/mol. The van der Waals surface area contributed by atoms with Crippen LogP contribution in [0.1, 0.15) is 65.9 Å². The van der Waals surface area contributed by atoms with Crippen molar-refractivity contribution >= 4 is 17.2 Å². The van der Waals surface area contributed by atoms with E-state index in [4.69, 9.17) is 0 Å². The number of H-pyrrole nitrogens is 1. The third-order valence-electron chi connectivity index (χ3n) is 4.26. The maximum atomic E-state index is 12.1. The summed E-state index contributed by atoms with van der Waals surface area (Å²) in [7, 11) is 0. The Labute approximate surface area is 133 Å². The smallest absolute Gasteiger partial charge is 0.271 e. The number of aliphatic hydroxyl groups excluding tert-OH is 1. The molecule has 0 saturated heterocycles. The molecule has 3 rings (SSSR count). The fourth-order valence-corrected chi connectivity index (χ4v) is 3.65. The molecule has 0 radical (unpaired) electrons. The highest BCUT2D eigenvalue weighted by Gasteiger charge is 2.20. The van der Waals surface area contributed by atoms with Crippen molar-refractivity contribution in [1.29, 1.82) is 0 Å². The normalized spacial score (nSPS) is 17.3. The molecule has 0 bridgehead atoms. The molecule has 118 valence electrons. The highest BCUT2D eigenvalue weighted by Crippen LogP contribution is 2.31. The number of carbonyl (C=O) groups excluding carboxylic acids is 1. The fraction of sp³-hybridized carbons (Fsp3) is 0.500. The van der Waals surface area contributed by atoms with Crippen molar-refractivity contribution in [3.63, 3.8) is 0 Å². The maximum absolute atomic E-state index is 12.1. The molecule has 0 aromatic carbocycles. The van der Waals surface area contributed by atoms with Gasteiger partial charge in [-0.15, -0.1) is 0 Å². The lowest BCUT2D eigenvalue weighted by atomic mass is 9.87. The minimum atomic E-state index is -0.674. The molecule has 2 aromatic heterocycles. The Morgan fingerprint density at radius 2 is 2.27 bits per heavy atom. The van der Waals surface area contributed by atoms with Crippen LogP contribution in [0, 0.1) is 0 Å². The zero-order valence-electron chi connectivity index (χ0n) is 12.4. The van der Waals surface area contributed by atoms with Gasteiger partial charge in [-0.2, -0.15) is 16.4 Å². The van der Waals surface area contributed by atoms with Gasteiger partial charge in [0.1, 0.15) is 5.69 Å². The van der Waals surface area contributed by atoms with Crippen LogP contribution in [0.5, 0.6) is 0 Å². The first kappa shape index (κ1) is 15.2. The number of nitrogens with one attached hydrogen (secondary N) is 2. The summed E-state index contributed by atoms with van der Waals surface area (Å²) in [5.74, 6) is 0.256. The Morgan fingerprint density at radius 1 is 1.45 bits per heavy atom. The Bertz CT molecular complexity index is 603. The molecule has 22 heavy (non-hydrogen) atoms.